The third-order valence-electron chi connectivity index (χ3n) is 4.83. The molecular weight excluding hydrogens is 288 g/mol. The first-order chi connectivity index (χ1) is 11.5. The SMILES string of the molecule is C=C(C)Cc1cc(-c2cccc(CC(=C)C)c2C2CC2)ccc1C. The van der Waals surface area contributed by atoms with E-state index < -0.39 is 0 Å². The van der Waals surface area contributed by atoms with Crippen molar-refractivity contribution in [3.05, 3.63) is 83.0 Å². The fourth-order valence-corrected chi connectivity index (χ4v) is 3.55. The Morgan fingerprint density at radius 1 is 0.958 bits per heavy atom. The molecule has 0 heteroatoms. The number of allylic oxidation sites excluding steroid dienone is 2. The van der Waals surface area contributed by atoms with Crippen LogP contribution in [-0.2, 0) is 12.8 Å². The number of hydrogen-bond acceptors (Lipinski definition) is 0. The second kappa shape index (κ2) is 6.81. The summed E-state index contributed by atoms with van der Waals surface area (Å²) in [5.41, 5.74) is 11.0. The Morgan fingerprint density at radius 3 is 2.25 bits per heavy atom. The molecule has 0 radical (unpaired) electrons. The van der Waals surface area contributed by atoms with Gasteiger partial charge in [0.2, 0.25) is 0 Å². The van der Waals surface area contributed by atoms with Gasteiger partial charge in [-0.25, -0.2) is 0 Å². The zero-order chi connectivity index (χ0) is 17.3. The minimum Gasteiger partial charge on any atom is -0.0998 e. The predicted octanol–water partition coefficient (Wildman–Crippen LogP) is 6.78. The van der Waals surface area contributed by atoms with Gasteiger partial charge < -0.3 is 0 Å². The fraction of sp³-hybridized carbons (Fsp3) is 0.333. The van der Waals surface area contributed by atoms with Gasteiger partial charge in [-0.1, -0.05) is 60.7 Å². The van der Waals surface area contributed by atoms with Crippen LogP contribution in [-0.4, -0.2) is 0 Å². The standard InChI is InChI=1S/C24H28/c1-16(2)13-21-7-6-8-23(24(21)19-11-12-19)20-10-9-18(5)22(15-20)14-17(3)4/h6-10,15,19H,1,3,11-14H2,2,4-5H3. The van der Waals surface area contributed by atoms with Gasteiger partial charge in [-0.15, -0.1) is 0 Å². The van der Waals surface area contributed by atoms with E-state index in [4.69, 9.17) is 0 Å². The summed E-state index contributed by atoms with van der Waals surface area (Å²) in [6, 6.07) is 13.7. The van der Waals surface area contributed by atoms with Crippen LogP contribution in [0.3, 0.4) is 0 Å². The van der Waals surface area contributed by atoms with Gasteiger partial charge in [0.05, 0.1) is 0 Å². The van der Waals surface area contributed by atoms with Crippen molar-refractivity contribution < 1.29 is 0 Å². The molecule has 0 nitrogen and oxygen atoms in total. The monoisotopic (exact) mass is 316 g/mol. The molecule has 0 aromatic heterocycles. The van der Waals surface area contributed by atoms with Gasteiger partial charge in [0.15, 0.2) is 0 Å². The van der Waals surface area contributed by atoms with Crippen LogP contribution in [0.1, 0.15) is 54.9 Å². The minimum absolute atomic E-state index is 0.737. The lowest BCUT2D eigenvalue weighted by atomic mass is 9.88. The van der Waals surface area contributed by atoms with Gasteiger partial charge in [-0.2, -0.15) is 0 Å². The lowest BCUT2D eigenvalue weighted by Crippen LogP contribution is -1.98. The van der Waals surface area contributed by atoms with Crippen molar-refractivity contribution in [3.8, 4) is 11.1 Å². The minimum atomic E-state index is 0.737. The average Bonchev–Trinajstić information content (AvgIpc) is 3.33. The van der Waals surface area contributed by atoms with Gasteiger partial charge in [0.1, 0.15) is 0 Å². The topological polar surface area (TPSA) is 0 Å². The highest BCUT2D eigenvalue weighted by atomic mass is 14.3. The quantitative estimate of drug-likeness (QED) is 0.515. The van der Waals surface area contributed by atoms with Crippen molar-refractivity contribution in [1.29, 1.82) is 0 Å². The Kier molecular flexibility index (Phi) is 4.76. The molecule has 0 atom stereocenters. The van der Waals surface area contributed by atoms with E-state index in [0.717, 1.165) is 18.8 Å². The van der Waals surface area contributed by atoms with Crippen molar-refractivity contribution in [2.24, 2.45) is 0 Å². The second-order valence-corrected chi connectivity index (χ2v) is 7.56. The number of benzene rings is 2. The van der Waals surface area contributed by atoms with Crippen LogP contribution < -0.4 is 0 Å². The van der Waals surface area contributed by atoms with E-state index in [1.54, 1.807) is 5.56 Å². The molecule has 1 aliphatic carbocycles. The van der Waals surface area contributed by atoms with Crippen LogP contribution in [0.5, 0.6) is 0 Å². The second-order valence-electron chi connectivity index (χ2n) is 7.56. The molecule has 0 unspecified atom stereocenters. The van der Waals surface area contributed by atoms with Crippen molar-refractivity contribution in [1.82, 2.24) is 0 Å². The van der Waals surface area contributed by atoms with Crippen LogP contribution in [0.2, 0.25) is 0 Å². The summed E-state index contributed by atoms with van der Waals surface area (Å²) in [6.07, 6.45) is 4.60. The number of rotatable bonds is 6. The van der Waals surface area contributed by atoms with Crippen LogP contribution >= 0.6 is 0 Å². The maximum atomic E-state index is 4.12. The molecule has 2 aromatic carbocycles. The van der Waals surface area contributed by atoms with Crippen molar-refractivity contribution in [2.75, 3.05) is 0 Å². The molecule has 0 aliphatic heterocycles. The molecule has 0 saturated heterocycles. The van der Waals surface area contributed by atoms with Crippen LogP contribution in [0, 0.1) is 6.92 Å². The van der Waals surface area contributed by atoms with Crippen LogP contribution in [0.25, 0.3) is 11.1 Å². The molecule has 1 fully saturated rings. The molecule has 24 heavy (non-hydrogen) atoms. The normalized spacial score (nSPS) is 13.8. The molecule has 0 spiro atoms. The number of aryl methyl sites for hydroxylation is 1. The Hall–Kier alpha value is -2.08. The van der Waals surface area contributed by atoms with E-state index in [9.17, 15) is 0 Å². The van der Waals surface area contributed by atoms with E-state index in [2.05, 4.69) is 70.3 Å². The first-order valence-corrected chi connectivity index (χ1v) is 8.96. The first-order valence-electron chi connectivity index (χ1n) is 8.96. The zero-order valence-corrected chi connectivity index (χ0v) is 15.3. The molecule has 3 rings (SSSR count). The molecule has 0 bridgehead atoms. The molecule has 1 aliphatic rings. The third kappa shape index (κ3) is 3.70. The zero-order valence-electron chi connectivity index (χ0n) is 15.3. The Bertz CT molecular complexity index is 788. The lowest BCUT2D eigenvalue weighted by Gasteiger charge is -2.17. The summed E-state index contributed by atoms with van der Waals surface area (Å²) in [6.45, 7) is 14.6. The Balaban J connectivity index is 2.09. The summed E-state index contributed by atoms with van der Waals surface area (Å²) in [7, 11) is 0. The highest BCUT2D eigenvalue weighted by Gasteiger charge is 2.28. The van der Waals surface area contributed by atoms with Crippen LogP contribution in [0.4, 0.5) is 0 Å². The van der Waals surface area contributed by atoms with Gasteiger partial charge in [0, 0.05) is 0 Å². The first kappa shape index (κ1) is 16.8. The average molecular weight is 316 g/mol. The third-order valence-corrected chi connectivity index (χ3v) is 4.83. The van der Waals surface area contributed by atoms with Crippen molar-refractivity contribution in [3.63, 3.8) is 0 Å². The fourth-order valence-electron chi connectivity index (χ4n) is 3.55. The lowest BCUT2D eigenvalue weighted by molar-refractivity contribution is 1.04. The summed E-state index contributed by atoms with van der Waals surface area (Å²) < 4.78 is 0. The van der Waals surface area contributed by atoms with E-state index in [1.807, 2.05) is 0 Å². The predicted molar refractivity (Wildman–Crippen MR) is 106 cm³/mol. The van der Waals surface area contributed by atoms with Crippen molar-refractivity contribution in [2.45, 2.75) is 52.4 Å². The molecule has 0 heterocycles. The number of hydrogen-bond donors (Lipinski definition) is 0. The smallest absolute Gasteiger partial charge is 0.00695 e. The van der Waals surface area contributed by atoms with E-state index in [1.165, 1.54) is 51.8 Å². The van der Waals surface area contributed by atoms with E-state index in [0.29, 0.717) is 0 Å². The summed E-state index contributed by atoms with van der Waals surface area (Å²) in [5.74, 6) is 0.737. The molecule has 2 aromatic rings. The van der Waals surface area contributed by atoms with E-state index in [-0.39, 0.29) is 0 Å². The Morgan fingerprint density at radius 2 is 1.62 bits per heavy atom. The molecule has 124 valence electrons. The van der Waals surface area contributed by atoms with Gasteiger partial charge >= 0.3 is 0 Å². The van der Waals surface area contributed by atoms with Crippen molar-refractivity contribution >= 4 is 0 Å². The van der Waals surface area contributed by atoms with Gasteiger partial charge in [-0.3, -0.25) is 0 Å². The molecule has 0 amide bonds. The largest absolute Gasteiger partial charge is 0.0998 e. The maximum Gasteiger partial charge on any atom is -0.00695 e. The van der Waals surface area contributed by atoms with E-state index >= 15 is 0 Å². The summed E-state index contributed by atoms with van der Waals surface area (Å²) >= 11 is 0. The van der Waals surface area contributed by atoms with Gasteiger partial charge in [0.25, 0.3) is 0 Å². The Labute approximate surface area is 146 Å². The highest BCUT2D eigenvalue weighted by Crippen LogP contribution is 2.46. The molecule has 0 N–H and O–H groups in total. The maximum absolute atomic E-state index is 4.12. The highest BCUT2D eigenvalue weighted by molar-refractivity contribution is 5.71. The summed E-state index contributed by atoms with van der Waals surface area (Å²) in [5, 5.41) is 0. The summed E-state index contributed by atoms with van der Waals surface area (Å²) in [4.78, 5) is 0. The molecular formula is C24H28. The molecule has 1 saturated carbocycles. The van der Waals surface area contributed by atoms with Gasteiger partial charge in [-0.05, 0) is 85.8 Å². The van der Waals surface area contributed by atoms with Crippen LogP contribution in [0.15, 0.2) is 60.7 Å².